The quantitative estimate of drug-likeness (QED) is 0.216. The van der Waals surface area contributed by atoms with Crippen molar-refractivity contribution in [2.24, 2.45) is 0 Å². The minimum absolute atomic E-state index is 0.0891. The lowest BCUT2D eigenvalue weighted by atomic mass is 10.0. The van der Waals surface area contributed by atoms with Crippen molar-refractivity contribution in [1.29, 1.82) is 0 Å². The maximum absolute atomic E-state index is 12.8. The van der Waals surface area contributed by atoms with Gasteiger partial charge in [-0.1, -0.05) is 42.1 Å². The molecule has 11 heteroatoms. The molecule has 43 heavy (non-hydrogen) atoms. The standard InChI is InChI=1S/C32H28N2O7S2/c1-19-21(15-20-11-12-24-25(16-20)41-18-40-24)30(32(37)38-2)31(42-19)33-28(35)17-39-29(36)13-14-34-22-7-3-5-9-26(22)43-27-10-6-4-8-23(27)34/h3-12,16H,13-15,17-18H2,1-2H3,(H,33,35). The number of nitrogens with one attached hydrogen (secondary N) is 1. The van der Waals surface area contributed by atoms with Crippen LogP contribution < -0.4 is 19.7 Å². The summed E-state index contributed by atoms with van der Waals surface area (Å²) < 4.78 is 21.2. The van der Waals surface area contributed by atoms with Crippen LogP contribution in [0, 0.1) is 6.92 Å². The molecule has 2 aliphatic heterocycles. The number of nitrogens with zero attached hydrogens (tertiary/aromatic N) is 1. The first-order valence-corrected chi connectivity index (χ1v) is 15.2. The van der Waals surface area contributed by atoms with Gasteiger partial charge >= 0.3 is 11.9 Å². The van der Waals surface area contributed by atoms with Crippen LogP contribution in [0.25, 0.3) is 0 Å². The summed E-state index contributed by atoms with van der Waals surface area (Å²) in [6.07, 6.45) is 0.515. The van der Waals surface area contributed by atoms with Gasteiger partial charge in [-0.2, -0.15) is 0 Å². The van der Waals surface area contributed by atoms with Gasteiger partial charge in [-0.05, 0) is 60.9 Å². The predicted octanol–water partition coefficient (Wildman–Crippen LogP) is 6.34. The Morgan fingerprint density at radius 1 is 0.953 bits per heavy atom. The van der Waals surface area contributed by atoms with Gasteiger partial charge in [0.25, 0.3) is 5.91 Å². The number of benzene rings is 3. The first-order valence-electron chi connectivity index (χ1n) is 13.6. The van der Waals surface area contributed by atoms with Crippen LogP contribution in [0.4, 0.5) is 16.4 Å². The molecular formula is C32H28N2O7S2. The summed E-state index contributed by atoms with van der Waals surface area (Å²) >= 11 is 2.96. The normalized spacial score (nSPS) is 12.7. The van der Waals surface area contributed by atoms with Gasteiger partial charge in [0, 0.05) is 21.2 Å². The van der Waals surface area contributed by atoms with Crippen LogP contribution >= 0.6 is 23.1 Å². The highest BCUT2D eigenvalue weighted by atomic mass is 32.2. The fourth-order valence-electron chi connectivity index (χ4n) is 5.06. The van der Waals surface area contributed by atoms with E-state index in [1.165, 1.54) is 18.4 Å². The molecular weight excluding hydrogens is 588 g/mol. The van der Waals surface area contributed by atoms with Gasteiger partial charge in [-0.3, -0.25) is 9.59 Å². The highest BCUT2D eigenvalue weighted by Crippen LogP contribution is 2.47. The first kappa shape index (κ1) is 28.6. The van der Waals surface area contributed by atoms with Gasteiger partial charge in [-0.25, -0.2) is 4.79 Å². The molecule has 1 amide bonds. The smallest absolute Gasteiger partial charge is 0.341 e. The number of methoxy groups -OCH3 is 1. The molecule has 1 N–H and O–H groups in total. The summed E-state index contributed by atoms with van der Waals surface area (Å²) in [5.74, 6) is -0.284. The number of amides is 1. The van der Waals surface area contributed by atoms with Gasteiger partial charge in [0.2, 0.25) is 6.79 Å². The van der Waals surface area contributed by atoms with Crippen molar-refractivity contribution >= 4 is 57.3 Å². The largest absolute Gasteiger partial charge is 0.465 e. The second-order valence-electron chi connectivity index (χ2n) is 9.84. The molecule has 3 heterocycles. The van der Waals surface area contributed by atoms with Crippen molar-refractivity contribution in [3.05, 3.63) is 88.3 Å². The third-order valence-electron chi connectivity index (χ3n) is 7.11. The molecule has 2 aliphatic rings. The Hall–Kier alpha value is -4.48. The maximum Gasteiger partial charge on any atom is 0.341 e. The molecule has 0 saturated heterocycles. The number of ether oxygens (including phenoxy) is 4. The number of fused-ring (bicyclic) bond motifs is 3. The van der Waals surface area contributed by atoms with E-state index in [-0.39, 0.29) is 18.8 Å². The van der Waals surface area contributed by atoms with E-state index in [2.05, 4.69) is 22.3 Å². The Labute approximate surface area is 256 Å². The third-order valence-corrected chi connectivity index (χ3v) is 9.30. The van der Waals surface area contributed by atoms with E-state index in [9.17, 15) is 14.4 Å². The van der Waals surface area contributed by atoms with Crippen LogP contribution in [0.5, 0.6) is 11.5 Å². The van der Waals surface area contributed by atoms with Crippen LogP contribution in [0.3, 0.4) is 0 Å². The number of para-hydroxylation sites is 2. The topological polar surface area (TPSA) is 103 Å². The molecule has 0 radical (unpaired) electrons. The molecule has 0 fully saturated rings. The average molecular weight is 617 g/mol. The van der Waals surface area contributed by atoms with Gasteiger partial charge in [0.15, 0.2) is 18.1 Å². The predicted molar refractivity (Wildman–Crippen MR) is 164 cm³/mol. The number of thiophene rings is 1. The maximum atomic E-state index is 12.8. The van der Waals surface area contributed by atoms with Gasteiger partial charge in [-0.15, -0.1) is 11.3 Å². The summed E-state index contributed by atoms with van der Waals surface area (Å²) in [5, 5.41) is 3.09. The van der Waals surface area contributed by atoms with Crippen molar-refractivity contribution in [3.63, 3.8) is 0 Å². The molecule has 220 valence electrons. The van der Waals surface area contributed by atoms with Crippen LogP contribution in [-0.2, 0) is 25.5 Å². The summed E-state index contributed by atoms with van der Waals surface area (Å²) in [5.41, 5.74) is 3.99. The molecule has 6 rings (SSSR count). The van der Waals surface area contributed by atoms with E-state index in [0.29, 0.717) is 29.5 Å². The highest BCUT2D eigenvalue weighted by Gasteiger charge is 2.26. The van der Waals surface area contributed by atoms with Crippen molar-refractivity contribution in [2.45, 2.75) is 29.6 Å². The zero-order valence-electron chi connectivity index (χ0n) is 23.5. The Morgan fingerprint density at radius 3 is 2.37 bits per heavy atom. The Kier molecular flexibility index (Phi) is 8.26. The van der Waals surface area contributed by atoms with Crippen LogP contribution in [0.2, 0.25) is 0 Å². The number of esters is 2. The van der Waals surface area contributed by atoms with E-state index in [1.807, 2.05) is 61.5 Å². The van der Waals surface area contributed by atoms with Crippen molar-refractivity contribution < 1.29 is 33.3 Å². The SMILES string of the molecule is COC(=O)c1c(NC(=O)COC(=O)CCN2c3ccccc3Sc3ccccc32)sc(C)c1Cc1ccc2c(c1)OCO2. The minimum Gasteiger partial charge on any atom is -0.465 e. The molecule has 0 atom stereocenters. The molecule has 9 nitrogen and oxygen atoms in total. The zero-order valence-corrected chi connectivity index (χ0v) is 25.1. The van der Waals surface area contributed by atoms with E-state index in [4.69, 9.17) is 18.9 Å². The molecule has 0 aliphatic carbocycles. The second-order valence-corrected chi connectivity index (χ2v) is 12.2. The first-order chi connectivity index (χ1) is 20.9. The lowest BCUT2D eigenvalue weighted by Crippen LogP contribution is -2.26. The molecule has 0 bridgehead atoms. The summed E-state index contributed by atoms with van der Waals surface area (Å²) in [7, 11) is 1.30. The Bertz CT molecular complexity index is 1670. The third kappa shape index (κ3) is 6.04. The summed E-state index contributed by atoms with van der Waals surface area (Å²) in [6, 6.07) is 21.7. The lowest BCUT2D eigenvalue weighted by Gasteiger charge is -2.32. The van der Waals surface area contributed by atoms with E-state index in [1.54, 1.807) is 11.8 Å². The van der Waals surface area contributed by atoms with E-state index >= 15 is 0 Å². The van der Waals surface area contributed by atoms with Crippen LogP contribution in [0.1, 0.15) is 32.8 Å². The van der Waals surface area contributed by atoms with E-state index < -0.39 is 24.5 Å². The van der Waals surface area contributed by atoms with Gasteiger partial charge in [0.1, 0.15) is 5.00 Å². The minimum atomic E-state index is -0.562. The number of carbonyl (C=O) groups excluding carboxylic acids is 3. The fourth-order valence-corrected chi connectivity index (χ4v) is 7.23. The molecule has 0 spiro atoms. The number of anilines is 3. The number of carbonyl (C=O) groups is 3. The molecule has 0 unspecified atom stereocenters. The number of aryl methyl sites for hydroxylation is 1. The van der Waals surface area contributed by atoms with Crippen LogP contribution in [-0.4, -0.2) is 44.9 Å². The highest BCUT2D eigenvalue weighted by molar-refractivity contribution is 7.99. The van der Waals surface area contributed by atoms with Crippen LogP contribution in [0.15, 0.2) is 76.5 Å². The molecule has 0 saturated carbocycles. The summed E-state index contributed by atoms with van der Waals surface area (Å²) in [4.78, 5) is 43.5. The number of rotatable bonds is 9. The second kappa shape index (κ2) is 12.4. The number of hydrogen-bond donors (Lipinski definition) is 1. The fraction of sp³-hybridized carbons (Fsp3) is 0.219. The van der Waals surface area contributed by atoms with Crippen molar-refractivity contribution in [2.75, 3.05) is 37.3 Å². The molecule has 4 aromatic rings. The van der Waals surface area contributed by atoms with Gasteiger partial charge < -0.3 is 29.2 Å². The summed E-state index contributed by atoms with van der Waals surface area (Å²) in [6.45, 7) is 1.97. The Morgan fingerprint density at radius 2 is 1.65 bits per heavy atom. The van der Waals surface area contributed by atoms with Crippen molar-refractivity contribution in [3.8, 4) is 11.5 Å². The average Bonchev–Trinajstić information content (AvgIpc) is 3.61. The zero-order chi connectivity index (χ0) is 29.9. The van der Waals surface area contributed by atoms with Crippen molar-refractivity contribution in [1.82, 2.24) is 0 Å². The van der Waals surface area contributed by atoms with Gasteiger partial charge in [0.05, 0.1) is 30.5 Å². The number of hydrogen-bond acceptors (Lipinski definition) is 10. The molecule has 3 aromatic carbocycles. The van der Waals surface area contributed by atoms with E-state index in [0.717, 1.165) is 37.2 Å². The Balaban J connectivity index is 1.09. The molecule has 1 aromatic heterocycles. The monoisotopic (exact) mass is 616 g/mol. The lowest BCUT2D eigenvalue weighted by molar-refractivity contribution is -0.147.